The quantitative estimate of drug-likeness (QED) is 0.807. The second-order valence-corrected chi connectivity index (χ2v) is 7.45. The Morgan fingerprint density at radius 3 is 2.29 bits per heavy atom. The molecule has 0 bridgehead atoms. The second kappa shape index (κ2) is 7.52. The standard InChI is InChI=1S/C21H27NO2/c1-21(2,3)14-17-7-6-8-18(13-17)20(23)22(4)15-16-9-11-19(24-5)12-10-16/h6-13H,14-15H2,1-5H3. The molecule has 2 aromatic carbocycles. The maximum Gasteiger partial charge on any atom is 0.253 e. The van der Waals surface area contributed by atoms with Crippen LogP contribution in [0.4, 0.5) is 0 Å². The van der Waals surface area contributed by atoms with Gasteiger partial charge in [-0.25, -0.2) is 0 Å². The molecule has 3 nitrogen and oxygen atoms in total. The first-order valence-corrected chi connectivity index (χ1v) is 8.26. The number of rotatable bonds is 5. The number of hydrogen-bond donors (Lipinski definition) is 0. The van der Waals surface area contributed by atoms with E-state index in [4.69, 9.17) is 4.74 Å². The molecule has 0 spiro atoms. The average Bonchev–Trinajstić information content (AvgIpc) is 2.53. The Kier molecular flexibility index (Phi) is 5.66. The molecule has 0 N–H and O–H groups in total. The van der Waals surface area contributed by atoms with Crippen molar-refractivity contribution >= 4 is 5.91 Å². The molecule has 0 aromatic heterocycles. The van der Waals surface area contributed by atoms with Crippen LogP contribution < -0.4 is 4.74 Å². The summed E-state index contributed by atoms with van der Waals surface area (Å²) in [6.07, 6.45) is 0.955. The molecule has 0 atom stereocenters. The van der Waals surface area contributed by atoms with Gasteiger partial charge in [-0.3, -0.25) is 4.79 Å². The Bertz CT molecular complexity index is 684. The zero-order valence-corrected chi connectivity index (χ0v) is 15.3. The van der Waals surface area contributed by atoms with Gasteiger partial charge in [0.1, 0.15) is 5.75 Å². The molecule has 3 heteroatoms. The van der Waals surface area contributed by atoms with Gasteiger partial charge in [0.2, 0.25) is 0 Å². The summed E-state index contributed by atoms with van der Waals surface area (Å²) >= 11 is 0. The largest absolute Gasteiger partial charge is 0.497 e. The molecule has 0 unspecified atom stereocenters. The predicted molar refractivity (Wildman–Crippen MR) is 98.4 cm³/mol. The van der Waals surface area contributed by atoms with E-state index in [1.54, 1.807) is 12.0 Å². The van der Waals surface area contributed by atoms with Crippen LogP contribution in [0.15, 0.2) is 48.5 Å². The Balaban J connectivity index is 2.08. The number of carbonyl (C=O) groups excluding carboxylic acids is 1. The minimum absolute atomic E-state index is 0.0431. The summed E-state index contributed by atoms with van der Waals surface area (Å²) in [6, 6.07) is 15.8. The highest BCUT2D eigenvalue weighted by molar-refractivity contribution is 5.94. The summed E-state index contributed by atoms with van der Waals surface area (Å²) in [7, 11) is 3.48. The first kappa shape index (κ1) is 18.1. The SMILES string of the molecule is COc1ccc(CN(C)C(=O)c2cccc(CC(C)(C)C)c2)cc1. The van der Waals surface area contributed by atoms with Crippen molar-refractivity contribution in [2.45, 2.75) is 33.7 Å². The van der Waals surface area contributed by atoms with E-state index in [0.29, 0.717) is 6.54 Å². The third kappa shape index (κ3) is 5.12. The van der Waals surface area contributed by atoms with Crippen molar-refractivity contribution in [2.75, 3.05) is 14.2 Å². The van der Waals surface area contributed by atoms with E-state index in [2.05, 4.69) is 26.8 Å². The van der Waals surface area contributed by atoms with Crippen LogP contribution in [0.5, 0.6) is 5.75 Å². The molecule has 1 amide bonds. The van der Waals surface area contributed by atoms with Crippen LogP contribution in [0, 0.1) is 5.41 Å². The van der Waals surface area contributed by atoms with Crippen LogP contribution in [0.1, 0.15) is 42.3 Å². The number of benzene rings is 2. The van der Waals surface area contributed by atoms with E-state index >= 15 is 0 Å². The lowest BCUT2D eigenvalue weighted by molar-refractivity contribution is 0.0785. The molecule has 0 fully saturated rings. The van der Waals surface area contributed by atoms with Crippen molar-refractivity contribution in [3.63, 3.8) is 0 Å². The minimum Gasteiger partial charge on any atom is -0.497 e. The van der Waals surface area contributed by atoms with Crippen LogP contribution in [-0.4, -0.2) is 25.0 Å². The number of methoxy groups -OCH3 is 1. The van der Waals surface area contributed by atoms with Crippen molar-refractivity contribution in [1.82, 2.24) is 4.90 Å². The third-order valence-electron chi connectivity index (χ3n) is 3.83. The fourth-order valence-electron chi connectivity index (χ4n) is 2.72. The third-order valence-corrected chi connectivity index (χ3v) is 3.83. The van der Waals surface area contributed by atoms with Gasteiger partial charge in [-0.1, -0.05) is 45.0 Å². The summed E-state index contributed by atoms with van der Waals surface area (Å²) in [6.45, 7) is 7.19. The zero-order valence-electron chi connectivity index (χ0n) is 15.3. The highest BCUT2D eigenvalue weighted by atomic mass is 16.5. The number of hydrogen-bond acceptors (Lipinski definition) is 2. The van der Waals surface area contributed by atoms with E-state index in [0.717, 1.165) is 23.3 Å². The monoisotopic (exact) mass is 325 g/mol. The zero-order chi connectivity index (χ0) is 17.7. The Labute approximate surface area is 145 Å². The highest BCUT2D eigenvalue weighted by Crippen LogP contribution is 2.21. The van der Waals surface area contributed by atoms with Crippen LogP contribution in [0.2, 0.25) is 0 Å². The smallest absolute Gasteiger partial charge is 0.253 e. The Hall–Kier alpha value is -2.29. The minimum atomic E-state index is 0.0431. The van der Waals surface area contributed by atoms with Gasteiger partial charge in [-0.2, -0.15) is 0 Å². The lowest BCUT2D eigenvalue weighted by atomic mass is 9.87. The average molecular weight is 325 g/mol. The van der Waals surface area contributed by atoms with Crippen LogP contribution >= 0.6 is 0 Å². The van der Waals surface area contributed by atoms with Crippen molar-refractivity contribution in [3.05, 3.63) is 65.2 Å². The molecule has 0 heterocycles. The maximum atomic E-state index is 12.7. The molecule has 0 aliphatic carbocycles. The molecule has 128 valence electrons. The van der Waals surface area contributed by atoms with E-state index < -0.39 is 0 Å². The van der Waals surface area contributed by atoms with Crippen molar-refractivity contribution in [3.8, 4) is 5.75 Å². The van der Waals surface area contributed by atoms with Crippen LogP contribution in [-0.2, 0) is 13.0 Å². The van der Waals surface area contributed by atoms with Crippen molar-refractivity contribution in [2.24, 2.45) is 5.41 Å². The molecular weight excluding hydrogens is 298 g/mol. The number of ether oxygens (including phenoxy) is 1. The van der Waals surface area contributed by atoms with Crippen LogP contribution in [0.3, 0.4) is 0 Å². The van der Waals surface area contributed by atoms with Gasteiger partial charge in [0, 0.05) is 19.2 Å². The van der Waals surface area contributed by atoms with Crippen molar-refractivity contribution in [1.29, 1.82) is 0 Å². The van der Waals surface area contributed by atoms with Gasteiger partial charge in [-0.05, 0) is 47.2 Å². The van der Waals surface area contributed by atoms with E-state index in [-0.39, 0.29) is 11.3 Å². The normalized spacial score (nSPS) is 11.2. The first-order valence-electron chi connectivity index (χ1n) is 8.26. The number of carbonyl (C=O) groups is 1. The maximum absolute atomic E-state index is 12.7. The Morgan fingerprint density at radius 1 is 1.04 bits per heavy atom. The number of nitrogens with zero attached hydrogens (tertiary/aromatic N) is 1. The molecule has 0 saturated heterocycles. The molecule has 0 aliphatic rings. The lowest BCUT2D eigenvalue weighted by Gasteiger charge is -2.20. The van der Waals surface area contributed by atoms with E-state index in [1.807, 2.05) is 49.5 Å². The molecule has 0 aliphatic heterocycles. The summed E-state index contributed by atoms with van der Waals surface area (Å²) in [4.78, 5) is 14.4. The lowest BCUT2D eigenvalue weighted by Crippen LogP contribution is -2.26. The Morgan fingerprint density at radius 2 is 1.71 bits per heavy atom. The predicted octanol–water partition coefficient (Wildman–Crippen LogP) is 4.56. The van der Waals surface area contributed by atoms with Gasteiger partial charge in [0.25, 0.3) is 5.91 Å². The van der Waals surface area contributed by atoms with E-state index in [9.17, 15) is 4.79 Å². The van der Waals surface area contributed by atoms with E-state index in [1.165, 1.54) is 5.56 Å². The summed E-state index contributed by atoms with van der Waals surface area (Å²) in [5.41, 5.74) is 3.23. The fourth-order valence-corrected chi connectivity index (χ4v) is 2.72. The molecule has 24 heavy (non-hydrogen) atoms. The summed E-state index contributed by atoms with van der Waals surface area (Å²) in [5, 5.41) is 0. The van der Waals surface area contributed by atoms with Gasteiger partial charge in [0.05, 0.1) is 7.11 Å². The second-order valence-electron chi connectivity index (χ2n) is 7.45. The molecule has 0 radical (unpaired) electrons. The van der Waals surface area contributed by atoms with Gasteiger partial charge in [0.15, 0.2) is 0 Å². The van der Waals surface area contributed by atoms with Crippen molar-refractivity contribution < 1.29 is 9.53 Å². The first-order chi connectivity index (χ1) is 11.3. The molecule has 0 saturated carbocycles. The van der Waals surface area contributed by atoms with Gasteiger partial charge < -0.3 is 9.64 Å². The van der Waals surface area contributed by atoms with Gasteiger partial charge >= 0.3 is 0 Å². The number of amides is 1. The fraction of sp³-hybridized carbons (Fsp3) is 0.381. The highest BCUT2D eigenvalue weighted by Gasteiger charge is 2.15. The topological polar surface area (TPSA) is 29.5 Å². The molecule has 2 rings (SSSR count). The molecular formula is C21H27NO2. The summed E-state index contributed by atoms with van der Waals surface area (Å²) in [5.74, 6) is 0.865. The van der Waals surface area contributed by atoms with Gasteiger partial charge in [-0.15, -0.1) is 0 Å². The summed E-state index contributed by atoms with van der Waals surface area (Å²) < 4.78 is 5.16. The molecule has 2 aromatic rings. The van der Waals surface area contributed by atoms with Crippen LogP contribution in [0.25, 0.3) is 0 Å².